The normalized spacial score (nSPS) is 23.2. The van der Waals surface area contributed by atoms with Crippen molar-refractivity contribution in [3.8, 4) is 0 Å². The van der Waals surface area contributed by atoms with Gasteiger partial charge in [0.25, 0.3) is 0 Å². The molecule has 0 saturated carbocycles. The lowest BCUT2D eigenvalue weighted by atomic mass is 10.1. The summed E-state index contributed by atoms with van der Waals surface area (Å²) in [5.41, 5.74) is -0.562. The molecule has 1 aliphatic rings. The van der Waals surface area contributed by atoms with Gasteiger partial charge in [-0.15, -0.1) is 0 Å². The molecule has 7 heteroatoms. The van der Waals surface area contributed by atoms with E-state index < -0.39 is 23.7 Å². The Kier molecular flexibility index (Phi) is 5.35. The molecule has 1 saturated heterocycles. The Hall–Kier alpha value is -1.34. The van der Waals surface area contributed by atoms with Gasteiger partial charge in [-0.1, -0.05) is 6.92 Å². The van der Waals surface area contributed by atoms with Gasteiger partial charge in [0, 0.05) is 7.05 Å². The van der Waals surface area contributed by atoms with Crippen LogP contribution in [0.1, 0.15) is 27.2 Å². The number of carbonyl (C=O) groups excluding carboxylic acids is 1. The minimum absolute atomic E-state index is 0.174. The second-order valence-electron chi connectivity index (χ2n) is 5.72. The van der Waals surface area contributed by atoms with E-state index >= 15 is 0 Å². The van der Waals surface area contributed by atoms with Crippen molar-refractivity contribution < 1.29 is 24.5 Å². The summed E-state index contributed by atoms with van der Waals surface area (Å²) in [6.07, 6.45) is -0.102. The summed E-state index contributed by atoms with van der Waals surface area (Å²) in [5, 5.41) is 18.3. The average Bonchev–Trinajstić information content (AvgIpc) is 2.36. The van der Waals surface area contributed by atoms with E-state index in [4.69, 9.17) is 9.84 Å². The van der Waals surface area contributed by atoms with Crippen molar-refractivity contribution in [2.75, 3.05) is 26.7 Å². The molecule has 1 heterocycles. The number of likely N-dealkylation sites (N-methyl/N-ethyl adjacent to an activating group) is 1. The van der Waals surface area contributed by atoms with E-state index in [9.17, 15) is 14.7 Å². The van der Waals surface area contributed by atoms with Gasteiger partial charge in [-0.25, -0.2) is 9.59 Å². The molecule has 7 nitrogen and oxygen atoms in total. The van der Waals surface area contributed by atoms with Gasteiger partial charge < -0.3 is 24.7 Å². The number of morpholine rings is 1. The van der Waals surface area contributed by atoms with Crippen molar-refractivity contribution in [3.05, 3.63) is 0 Å². The van der Waals surface area contributed by atoms with Gasteiger partial charge in [-0.2, -0.15) is 0 Å². The van der Waals surface area contributed by atoms with Crippen LogP contribution in [0, 0.1) is 0 Å². The third-order valence-electron chi connectivity index (χ3n) is 3.40. The van der Waals surface area contributed by atoms with E-state index in [0.29, 0.717) is 13.0 Å². The van der Waals surface area contributed by atoms with Crippen LogP contribution in [0.25, 0.3) is 0 Å². The first-order valence-corrected chi connectivity index (χ1v) is 6.75. The minimum Gasteiger partial charge on any atom is -0.480 e. The molecular formula is C13H24N2O5. The Labute approximate surface area is 119 Å². The summed E-state index contributed by atoms with van der Waals surface area (Å²) >= 11 is 0. The van der Waals surface area contributed by atoms with Crippen LogP contribution in [0.2, 0.25) is 0 Å². The van der Waals surface area contributed by atoms with E-state index in [1.165, 1.54) is 16.8 Å². The summed E-state index contributed by atoms with van der Waals surface area (Å²) in [5.74, 6) is -1.02. The van der Waals surface area contributed by atoms with Crippen LogP contribution >= 0.6 is 0 Å². The van der Waals surface area contributed by atoms with Gasteiger partial charge in [0.1, 0.15) is 6.04 Å². The summed E-state index contributed by atoms with van der Waals surface area (Å²) in [7, 11) is 1.49. The van der Waals surface area contributed by atoms with E-state index in [2.05, 4.69) is 0 Å². The average molecular weight is 288 g/mol. The quantitative estimate of drug-likeness (QED) is 0.780. The fraction of sp³-hybridized carbons (Fsp3) is 0.846. The second kappa shape index (κ2) is 6.41. The molecule has 2 atom stereocenters. The maximum absolute atomic E-state index is 12.4. The number of hydrogen-bond donors (Lipinski definition) is 2. The molecule has 1 rings (SSSR count). The van der Waals surface area contributed by atoms with Gasteiger partial charge in [-0.3, -0.25) is 0 Å². The zero-order valence-corrected chi connectivity index (χ0v) is 12.5. The van der Waals surface area contributed by atoms with E-state index in [0.717, 1.165) is 0 Å². The number of amides is 2. The number of nitrogens with zero attached hydrogens (tertiary/aromatic N) is 2. The number of ether oxygens (including phenoxy) is 1. The summed E-state index contributed by atoms with van der Waals surface area (Å²) < 4.78 is 5.64. The fourth-order valence-electron chi connectivity index (χ4n) is 2.51. The van der Waals surface area contributed by atoms with E-state index in [1.54, 1.807) is 6.92 Å². The first kappa shape index (κ1) is 16.7. The first-order chi connectivity index (χ1) is 9.21. The molecule has 2 N–H and O–H groups in total. The van der Waals surface area contributed by atoms with Gasteiger partial charge in [0.05, 0.1) is 31.4 Å². The van der Waals surface area contributed by atoms with Crippen molar-refractivity contribution >= 4 is 12.0 Å². The molecule has 1 fully saturated rings. The highest BCUT2D eigenvalue weighted by Crippen LogP contribution is 2.22. The standard InChI is InChI=1S/C13H24N2O5/c1-5-10(11(17)18)14(4)12(19)15-6-9(7-16)20-13(2,3)8-15/h9-10,16H,5-8H2,1-4H3,(H,17,18). The van der Waals surface area contributed by atoms with Crippen LogP contribution in [-0.4, -0.2) is 76.5 Å². The lowest BCUT2D eigenvalue weighted by Crippen LogP contribution is -2.59. The molecule has 2 amide bonds. The molecule has 0 aromatic carbocycles. The molecular weight excluding hydrogens is 264 g/mol. The molecule has 0 bridgehead atoms. The topological polar surface area (TPSA) is 90.3 Å². The monoisotopic (exact) mass is 288 g/mol. The maximum Gasteiger partial charge on any atom is 0.326 e. The highest BCUT2D eigenvalue weighted by atomic mass is 16.5. The van der Waals surface area contributed by atoms with Gasteiger partial charge in [-0.05, 0) is 20.3 Å². The molecule has 20 heavy (non-hydrogen) atoms. The largest absolute Gasteiger partial charge is 0.480 e. The summed E-state index contributed by atoms with van der Waals surface area (Å²) in [4.78, 5) is 26.3. The predicted molar refractivity (Wildman–Crippen MR) is 72.5 cm³/mol. The van der Waals surface area contributed by atoms with Crippen LogP contribution in [0.3, 0.4) is 0 Å². The van der Waals surface area contributed by atoms with E-state index in [-0.39, 0.29) is 19.2 Å². The van der Waals surface area contributed by atoms with Crippen molar-refractivity contribution in [2.45, 2.75) is 44.9 Å². The lowest BCUT2D eigenvalue weighted by Gasteiger charge is -2.43. The Morgan fingerprint density at radius 1 is 1.50 bits per heavy atom. The maximum atomic E-state index is 12.4. The fourth-order valence-corrected chi connectivity index (χ4v) is 2.51. The molecule has 0 spiro atoms. The highest BCUT2D eigenvalue weighted by molar-refractivity contribution is 5.82. The van der Waals surface area contributed by atoms with Crippen molar-refractivity contribution in [3.63, 3.8) is 0 Å². The van der Waals surface area contributed by atoms with Gasteiger partial charge >= 0.3 is 12.0 Å². The number of carboxylic acids is 1. The number of carboxylic acid groups (broad SMARTS) is 1. The van der Waals surface area contributed by atoms with Crippen molar-refractivity contribution in [1.82, 2.24) is 9.80 Å². The number of urea groups is 1. The number of carbonyl (C=O) groups is 2. The molecule has 0 aromatic heterocycles. The van der Waals surface area contributed by atoms with Crippen molar-refractivity contribution in [2.24, 2.45) is 0 Å². The first-order valence-electron chi connectivity index (χ1n) is 6.75. The van der Waals surface area contributed by atoms with Crippen LogP contribution in [0.15, 0.2) is 0 Å². The van der Waals surface area contributed by atoms with Crippen molar-refractivity contribution in [1.29, 1.82) is 0 Å². The number of aliphatic hydroxyl groups is 1. The molecule has 2 unspecified atom stereocenters. The smallest absolute Gasteiger partial charge is 0.326 e. The molecule has 116 valence electrons. The summed E-state index contributed by atoms with van der Waals surface area (Å²) in [6.45, 7) is 5.85. The zero-order chi connectivity index (χ0) is 15.5. The zero-order valence-electron chi connectivity index (χ0n) is 12.5. The highest BCUT2D eigenvalue weighted by Gasteiger charge is 2.38. The molecule has 1 aliphatic heterocycles. The Morgan fingerprint density at radius 2 is 2.10 bits per heavy atom. The lowest BCUT2D eigenvalue weighted by molar-refractivity contribution is -0.145. The number of rotatable bonds is 4. The number of aliphatic hydroxyl groups excluding tert-OH is 1. The number of aliphatic carboxylic acids is 1. The minimum atomic E-state index is -1.02. The molecule has 0 radical (unpaired) electrons. The van der Waals surface area contributed by atoms with Crippen LogP contribution in [-0.2, 0) is 9.53 Å². The van der Waals surface area contributed by atoms with Crippen LogP contribution in [0.5, 0.6) is 0 Å². The predicted octanol–water partition coefficient (Wildman–Crippen LogP) is 0.373. The van der Waals surface area contributed by atoms with Gasteiger partial charge in [0.15, 0.2) is 0 Å². The Bertz CT molecular complexity index is 372. The SMILES string of the molecule is CCC(C(=O)O)N(C)C(=O)N1CC(CO)OC(C)(C)C1. The third kappa shape index (κ3) is 3.83. The third-order valence-corrected chi connectivity index (χ3v) is 3.40. The molecule has 0 aromatic rings. The Balaban J connectivity index is 2.82. The Morgan fingerprint density at radius 3 is 2.55 bits per heavy atom. The van der Waals surface area contributed by atoms with Gasteiger partial charge in [0.2, 0.25) is 0 Å². The summed E-state index contributed by atoms with van der Waals surface area (Å²) in [6, 6.07) is -1.20. The second-order valence-corrected chi connectivity index (χ2v) is 5.72. The van der Waals surface area contributed by atoms with Crippen LogP contribution < -0.4 is 0 Å². The molecule has 0 aliphatic carbocycles. The van der Waals surface area contributed by atoms with E-state index in [1.807, 2.05) is 13.8 Å². The van der Waals surface area contributed by atoms with Crippen LogP contribution in [0.4, 0.5) is 4.79 Å². The number of hydrogen-bond acceptors (Lipinski definition) is 4.